The molecule has 0 saturated heterocycles. The molecule has 1 unspecified atom stereocenters. The molecule has 0 aromatic carbocycles. The van der Waals surface area contributed by atoms with Crippen molar-refractivity contribution in [2.75, 3.05) is 13.2 Å². The number of rotatable bonds is 64. The molecule has 0 aliphatic carbocycles. The van der Waals surface area contributed by atoms with Crippen molar-refractivity contribution in [2.45, 2.75) is 374 Å². The van der Waals surface area contributed by atoms with Crippen LogP contribution in [0.1, 0.15) is 367 Å². The normalized spacial score (nSPS) is 12.4. The minimum absolute atomic E-state index is 0.0828. The van der Waals surface area contributed by atoms with Crippen LogP contribution in [0.2, 0.25) is 0 Å². The van der Waals surface area contributed by atoms with E-state index in [-0.39, 0.29) is 31.1 Å². The zero-order valence-electron chi connectivity index (χ0n) is 52.9. The lowest BCUT2D eigenvalue weighted by Gasteiger charge is -2.18. The minimum atomic E-state index is -0.791. The Morgan fingerprint density at radius 2 is 0.494 bits per heavy atom. The Hall–Kier alpha value is -2.89. The molecule has 0 radical (unpaired) electrons. The van der Waals surface area contributed by atoms with Crippen LogP contribution in [-0.4, -0.2) is 37.2 Å². The molecular weight excluding hydrogens is 973 g/mol. The van der Waals surface area contributed by atoms with Gasteiger partial charge in [0, 0.05) is 19.3 Å². The van der Waals surface area contributed by atoms with Crippen LogP contribution >= 0.6 is 0 Å². The highest BCUT2D eigenvalue weighted by Crippen LogP contribution is 2.18. The number of ether oxygens (including phenoxy) is 3. The molecule has 0 heterocycles. The standard InChI is InChI=1S/C73H132O6/c1-4-7-10-13-16-19-22-25-28-31-34-35-36-37-40-42-45-48-51-54-57-60-63-66-72(75)78-69-70(79-73(76)67-64-61-58-55-52-49-46-43-39-33-30-27-24-21-18-15-12-9-6-3)68-77-71(74)65-62-59-56-53-50-47-44-41-38-32-29-26-23-20-17-14-11-8-5-2/h9,12,18,21,27,30,39,43,49,52,70H,4-8,10-11,13-17,19-20,22-26,28-29,31-38,40-42,44-48,50-51,53-69H2,1-3H3/b12-9-,21-18-,30-27-,43-39-,52-49-. The van der Waals surface area contributed by atoms with Gasteiger partial charge in [-0.2, -0.15) is 0 Å². The highest BCUT2D eigenvalue weighted by molar-refractivity contribution is 5.71. The molecule has 0 aromatic rings. The summed E-state index contributed by atoms with van der Waals surface area (Å²) >= 11 is 0. The lowest BCUT2D eigenvalue weighted by molar-refractivity contribution is -0.167. The van der Waals surface area contributed by atoms with Crippen molar-refractivity contribution in [3.63, 3.8) is 0 Å². The van der Waals surface area contributed by atoms with Gasteiger partial charge in [0.1, 0.15) is 13.2 Å². The third-order valence-electron chi connectivity index (χ3n) is 15.5. The fourth-order valence-corrected chi connectivity index (χ4v) is 10.4. The molecular formula is C73H132O6. The smallest absolute Gasteiger partial charge is 0.306 e. The van der Waals surface area contributed by atoms with Gasteiger partial charge in [0.25, 0.3) is 0 Å². The zero-order chi connectivity index (χ0) is 57.1. The molecule has 0 N–H and O–H groups in total. The van der Waals surface area contributed by atoms with Gasteiger partial charge >= 0.3 is 17.9 Å². The first-order chi connectivity index (χ1) is 39.0. The molecule has 0 spiro atoms. The van der Waals surface area contributed by atoms with E-state index in [4.69, 9.17) is 14.2 Å². The van der Waals surface area contributed by atoms with Gasteiger partial charge in [0.2, 0.25) is 0 Å². The fraction of sp³-hybridized carbons (Fsp3) is 0.822. The SMILES string of the molecule is CC/C=C\C/C=C\C/C=C\C/C=C\C/C=C\CCCCCC(=O)OC(COC(=O)CCCCCCCCCCCCCCCCCCCCC)COC(=O)CCCCCCCCCCCCCCCCCCCCCCCCC. The van der Waals surface area contributed by atoms with Gasteiger partial charge in [-0.1, -0.05) is 345 Å². The van der Waals surface area contributed by atoms with E-state index in [1.165, 1.54) is 231 Å². The van der Waals surface area contributed by atoms with Crippen molar-refractivity contribution in [3.8, 4) is 0 Å². The molecule has 0 aliphatic heterocycles. The first kappa shape index (κ1) is 76.1. The van der Waals surface area contributed by atoms with E-state index in [2.05, 4.69) is 81.5 Å². The molecule has 0 aliphatic rings. The molecule has 0 amide bonds. The molecule has 0 rings (SSSR count). The summed E-state index contributed by atoms with van der Waals surface area (Å²) < 4.78 is 17.0. The van der Waals surface area contributed by atoms with Gasteiger partial charge in [-0.3, -0.25) is 14.4 Å². The quantitative estimate of drug-likeness (QED) is 0.0261. The van der Waals surface area contributed by atoms with E-state index in [0.29, 0.717) is 19.3 Å². The van der Waals surface area contributed by atoms with Crippen molar-refractivity contribution in [3.05, 3.63) is 60.8 Å². The monoisotopic (exact) mass is 1110 g/mol. The van der Waals surface area contributed by atoms with Crippen molar-refractivity contribution >= 4 is 17.9 Å². The van der Waals surface area contributed by atoms with Crippen molar-refractivity contribution in [1.82, 2.24) is 0 Å². The highest BCUT2D eigenvalue weighted by atomic mass is 16.6. The summed E-state index contributed by atoms with van der Waals surface area (Å²) in [6.07, 6.45) is 86.7. The maximum absolute atomic E-state index is 12.9. The molecule has 0 saturated carbocycles. The van der Waals surface area contributed by atoms with Gasteiger partial charge in [0.05, 0.1) is 0 Å². The van der Waals surface area contributed by atoms with Crippen molar-refractivity contribution in [1.29, 1.82) is 0 Å². The van der Waals surface area contributed by atoms with E-state index in [9.17, 15) is 14.4 Å². The van der Waals surface area contributed by atoms with Gasteiger partial charge in [0.15, 0.2) is 6.10 Å². The lowest BCUT2D eigenvalue weighted by atomic mass is 10.0. The Labute approximate surface area is 491 Å². The first-order valence-corrected chi connectivity index (χ1v) is 34.8. The second-order valence-corrected chi connectivity index (χ2v) is 23.4. The number of hydrogen-bond acceptors (Lipinski definition) is 6. The largest absolute Gasteiger partial charge is 0.462 e. The van der Waals surface area contributed by atoms with E-state index in [1.54, 1.807) is 0 Å². The summed E-state index contributed by atoms with van der Waals surface area (Å²) in [5, 5.41) is 0. The number of esters is 3. The van der Waals surface area contributed by atoms with Crippen LogP contribution in [0.4, 0.5) is 0 Å². The van der Waals surface area contributed by atoms with Gasteiger partial charge < -0.3 is 14.2 Å². The lowest BCUT2D eigenvalue weighted by Crippen LogP contribution is -2.30. The van der Waals surface area contributed by atoms with Crippen LogP contribution < -0.4 is 0 Å². The Balaban J connectivity index is 4.35. The maximum Gasteiger partial charge on any atom is 0.306 e. The molecule has 0 aromatic heterocycles. The average molecular weight is 1110 g/mol. The average Bonchev–Trinajstić information content (AvgIpc) is 3.45. The predicted octanol–water partition coefficient (Wildman–Crippen LogP) is 23.9. The van der Waals surface area contributed by atoms with Crippen LogP contribution in [0, 0.1) is 0 Å². The second-order valence-electron chi connectivity index (χ2n) is 23.4. The molecule has 6 heteroatoms. The number of allylic oxidation sites excluding steroid dienone is 10. The minimum Gasteiger partial charge on any atom is -0.462 e. The summed E-state index contributed by atoms with van der Waals surface area (Å²) in [5.74, 6) is -0.889. The molecule has 1 atom stereocenters. The van der Waals surface area contributed by atoms with Crippen LogP contribution in [-0.2, 0) is 28.6 Å². The van der Waals surface area contributed by atoms with E-state index in [1.807, 2.05) is 0 Å². The molecule has 460 valence electrons. The summed E-state index contributed by atoms with van der Waals surface area (Å²) in [6, 6.07) is 0. The summed E-state index contributed by atoms with van der Waals surface area (Å²) in [5.41, 5.74) is 0. The second kappa shape index (κ2) is 67.6. The van der Waals surface area contributed by atoms with Crippen molar-refractivity contribution < 1.29 is 28.6 Å². The maximum atomic E-state index is 12.9. The summed E-state index contributed by atoms with van der Waals surface area (Å²) in [4.78, 5) is 38.4. The van der Waals surface area contributed by atoms with Crippen LogP contribution in [0.5, 0.6) is 0 Å². The number of carbonyl (C=O) groups excluding carboxylic acids is 3. The fourth-order valence-electron chi connectivity index (χ4n) is 10.4. The Kier molecular flexibility index (Phi) is 65.1. The Morgan fingerprint density at radius 1 is 0.266 bits per heavy atom. The van der Waals surface area contributed by atoms with E-state index in [0.717, 1.165) is 96.3 Å². The number of hydrogen-bond donors (Lipinski definition) is 0. The third kappa shape index (κ3) is 65.8. The molecule has 0 bridgehead atoms. The van der Waals surface area contributed by atoms with Crippen LogP contribution in [0.15, 0.2) is 60.8 Å². The number of unbranched alkanes of at least 4 members (excludes halogenated alkanes) is 43. The van der Waals surface area contributed by atoms with Crippen LogP contribution in [0.3, 0.4) is 0 Å². The summed E-state index contributed by atoms with van der Waals surface area (Å²) in [6.45, 7) is 6.57. The third-order valence-corrected chi connectivity index (χ3v) is 15.5. The zero-order valence-corrected chi connectivity index (χ0v) is 52.9. The Bertz CT molecular complexity index is 1410. The molecule has 79 heavy (non-hydrogen) atoms. The topological polar surface area (TPSA) is 78.9 Å². The van der Waals surface area contributed by atoms with Gasteiger partial charge in [-0.25, -0.2) is 0 Å². The van der Waals surface area contributed by atoms with Gasteiger partial charge in [-0.05, 0) is 64.2 Å². The first-order valence-electron chi connectivity index (χ1n) is 34.8. The predicted molar refractivity (Wildman–Crippen MR) is 344 cm³/mol. The van der Waals surface area contributed by atoms with E-state index >= 15 is 0 Å². The number of carbonyl (C=O) groups is 3. The van der Waals surface area contributed by atoms with Crippen molar-refractivity contribution in [2.24, 2.45) is 0 Å². The van der Waals surface area contributed by atoms with E-state index < -0.39 is 6.10 Å². The molecule has 0 fully saturated rings. The van der Waals surface area contributed by atoms with Crippen LogP contribution in [0.25, 0.3) is 0 Å². The Morgan fingerprint density at radius 3 is 0.772 bits per heavy atom. The van der Waals surface area contributed by atoms with Gasteiger partial charge in [-0.15, -0.1) is 0 Å². The highest BCUT2D eigenvalue weighted by Gasteiger charge is 2.19. The molecule has 6 nitrogen and oxygen atoms in total. The summed E-state index contributed by atoms with van der Waals surface area (Å²) in [7, 11) is 0.